The van der Waals surface area contributed by atoms with Crippen LogP contribution in [0, 0.1) is 0 Å². The van der Waals surface area contributed by atoms with Crippen molar-refractivity contribution in [3.63, 3.8) is 0 Å². The molecule has 1 aliphatic carbocycles. The lowest BCUT2D eigenvalue weighted by Gasteiger charge is -2.34. The Labute approximate surface area is 168 Å². The number of nitrogen functional groups attached to an aromatic ring is 2. The maximum absolute atomic E-state index is 9.90. The van der Waals surface area contributed by atoms with Crippen molar-refractivity contribution in [2.24, 2.45) is 0 Å². The van der Waals surface area contributed by atoms with Crippen LogP contribution in [0.15, 0.2) is 84.9 Å². The van der Waals surface area contributed by atoms with E-state index in [4.69, 9.17) is 11.5 Å². The van der Waals surface area contributed by atoms with Crippen LogP contribution in [-0.2, 0) is 5.41 Å². The van der Waals surface area contributed by atoms with Crippen LogP contribution in [0.2, 0.25) is 0 Å². The van der Waals surface area contributed by atoms with Gasteiger partial charge >= 0.3 is 0 Å². The van der Waals surface area contributed by atoms with E-state index in [2.05, 4.69) is 0 Å². The zero-order valence-corrected chi connectivity index (χ0v) is 15.6. The van der Waals surface area contributed by atoms with Gasteiger partial charge in [-0.3, -0.25) is 0 Å². The Bertz CT molecular complexity index is 1130. The van der Waals surface area contributed by atoms with Crippen molar-refractivity contribution in [1.29, 1.82) is 0 Å². The maximum atomic E-state index is 9.90. The molecule has 0 atom stereocenters. The summed E-state index contributed by atoms with van der Waals surface area (Å²) < 4.78 is 0. The predicted octanol–water partition coefficient (Wildman–Crippen LogP) is 4.63. The Morgan fingerprint density at radius 1 is 0.517 bits per heavy atom. The highest BCUT2D eigenvalue weighted by Crippen LogP contribution is 2.57. The third-order valence-corrected chi connectivity index (χ3v) is 5.79. The Morgan fingerprint density at radius 3 is 1.28 bits per heavy atom. The molecule has 0 spiro atoms. The fourth-order valence-corrected chi connectivity index (χ4v) is 4.57. The Hall–Kier alpha value is -3.92. The van der Waals surface area contributed by atoms with Crippen molar-refractivity contribution < 1.29 is 10.2 Å². The minimum absolute atomic E-state index is 0.202. The third kappa shape index (κ3) is 2.39. The lowest BCUT2D eigenvalue weighted by atomic mass is 9.67. The number of phenols is 2. The molecular formula is C25H20N2O2. The Kier molecular flexibility index (Phi) is 3.58. The highest BCUT2D eigenvalue weighted by atomic mass is 16.3. The highest BCUT2D eigenvalue weighted by Gasteiger charge is 2.46. The molecule has 0 amide bonds. The van der Waals surface area contributed by atoms with Gasteiger partial charge in [-0.25, -0.2) is 0 Å². The molecule has 4 aromatic rings. The monoisotopic (exact) mass is 380 g/mol. The number of benzene rings is 4. The van der Waals surface area contributed by atoms with Crippen molar-refractivity contribution in [1.82, 2.24) is 0 Å². The van der Waals surface area contributed by atoms with E-state index in [1.165, 1.54) is 0 Å². The summed E-state index contributed by atoms with van der Waals surface area (Å²) >= 11 is 0. The van der Waals surface area contributed by atoms with Gasteiger partial charge in [-0.15, -0.1) is 0 Å². The van der Waals surface area contributed by atoms with E-state index in [0.29, 0.717) is 11.4 Å². The number of fused-ring (bicyclic) bond motifs is 3. The van der Waals surface area contributed by atoms with Gasteiger partial charge in [0.1, 0.15) is 11.5 Å². The first-order chi connectivity index (χ1) is 14.0. The lowest BCUT2D eigenvalue weighted by molar-refractivity contribution is 0.475. The number of phenolic OH excluding ortho intramolecular Hbond substituents is 2. The number of nitrogens with two attached hydrogens (primary N) is 2. The smallest absolute Gasteiger partial charge is 0.115 e. The molecule has 0 aromatic heterocycles. The van der Waals surface area contributed by atoms with Gasteiger partial charge in [-0.1, -0.05) is 36.4 Å². The van der Waals surface area contributed by atoms with Crippen LogP contribution in [0.1, 0.15) is 22.3 Å². The summed E-state index contributed by atoms with van der Waals surface area (Å²) in [5.41, 5.74) is 19.4. The van der Waals surface area contributed by atoms with Crippen molar-refractivity contribution in [2.75, 3.05) is 11.5 Å². The van der Waals surface area contributed by atoms with E-state index in [9.17, 15) is 10.2 Å². The quantitative estimate of drug-likeness (QED) is 0.336. The standard InChI is InChI=1S/C25H20N2O2/c26-17-5-11-21-22-12-6-18(27)14-24(22)25(23(21)13-17,15-1-7-19(28)8-2-15)16-3-9-20(29)10-4-16/h1-14,28-29H,26-27H2. The molecule has 4 heteroatoms. The number of aromatic hydroxyl groups is 2. The fourth-order valence-electron chi connectivity index (χ4n) is 4.57. The van der Waals surface area contributed by atoms with Gasteiger partial charge in [0.05, 0.1) is 5.41 Å². The van der Waals surface area contributed by atoms with Gasteiger partial charge in [0.2, 0.25) is 0 Å². The molecule has 29 heavy (non-hydrogen) atoms. The van der Waals surface area contributed by atoms with Crippen LogP contribution in [0.5, 0.6) is 11.5 Å². The number of anilines is 2. The lowest BCUT2D eigenvalue weighted by Crippen LogP contribution is -2.28. The van der Waals surface area contributed by atoms with E-state index in [0.717, 1.165) is 33.4 Å². The van der Waals surface area contributed by atoms with E-state index < -0.39 is 5.41 Å². The molecule has 0 saturated carbocycles. The van der Waals surface area contributed by atoms with E-state index in [1.54, 1.807) is 24.3 Å². The second kappa shape index (κ2) is 6.04. The van der Waals surface area contributed by atoms with Crippen molar-refractivity contribution >= 4 is 11.4 Å². The van der Waals surface area contributed by atoms with Crippen molar-refractivity contribution in [3.05, 3.63) is 107 Å². The van der Waals surface area contributed by atoms with Gasteiger partial charge in [-0.2, -0.15) is 0 Å². The Morgan fingerprint density at radius 2 is 0.897 bits per heavy atom. The average molecular weight is 380 g/mol. The second-order valence-corrected chi connectivity index (χ2v) is 7.45. The van der Waals surface area contributed by atoms with Crippen molar-refractivity contribution in [2.45, 2.75) is 5.41 Å². The summed E-state index contributed by atoms with van der Waals surface area (Å²) in [6.45, 7) is 0. The minimum Gasteiger partial charge on any atom is -0.508 e. The number of hydrogen-bond donors (Lipinski definition) is 4. The van der Waals surface area contributed by atoms with Crippen LogP contribution in [0.3, 0.4) is 0 Å². The SMILES string of the molecule is Nc1ccc2c(c1)C(c1ccc(O)cc1)(c1ccc(O)cc1)c1cc(N)ccc1-2. The van der Waals surface area contributed by atoms with Crippen LogP contribution in [0.25, 0.3) is 11.1 Å². The molecule has 142 valence electrons. The van der Waals surface area contributed by atoms with Gasteiger partial charge in [0.15, 0.2) is 0 Å². The van der Waals surface area contributed by atoms with Crippen LogP contribution < -0.4 is 11.5 Å². The summed E-state index contributed by atoms with van der Waals surface area (Å²) in [4.78, 5) is 0. The van der Waals surface area contributed by atoms with Crippen LogP contribution in [0.4, 0.5) is 11.4 Å². The molecule has 4 nitrogen and oxygen atoms in total. The molecule has 0 fully saturated rings. The first-order valence-corrected chi connectivity index (χ1v) is 9.39. The zero-order chi connectivity index (χ0) is 20.2. The molecule has 0 unspecified atom stereocenters. The molecule has 4 aromatic carbocycles. The molecule has 0 heterocycles. The minimum atomic E-state index is -0.670. The number of hydrogen-bond acceptors (Lipinski definition) is 4. The van der Waals surface area contributed by atoms with Crippen LogP contribution in [-0.4, -0.2) is 10.2 Å². The second-order valence-electron chi connectivity index (χ2n) is 7.45. The summed E-state index contributed by atoms with van der Waals surface area (Å²) in [6, 6.07) is 26.4. The zero-order valence-electron chi connectivity index (χ0n) is 15.6. The largest absolute Gasteiger partial charge is 0.508 e. The van der Waals surface area contributed by atoms with Crippen molar-refractivity contribution in [3.8, 4) is 22.6 Å². The number of rotatable bonds is 2. The predicted molar refractivity (Wildman–Crippen MR) is 116 cm³/mol. The van der Waals surface area contributed by atoms with E-state index >= 15 is 0 Å². The van der Waals surface area contributed by atoms with Gasteiger partial charge < -0.3 is 21.7 Å². The summed E-state index contributed by atoms with van der Waals surface area (Å²) in [7, 11) is 0. The summed E-state index contributed by atoms with van der Waals surface area (Å²) in [5.74, 6) is 0.404. The molecular weight excluding hydrogens is 360 g/mol. The molecule has 1 aliphatic rings. The molecule has 0 radical (unpaired) electrons. The third-order valence-electron chi connectivity index (χ3n) is 5.79. The molecule has 0 aliphatic heterocycles. The average Bonchev–Trinajstić information content (AvgIpc) is 2.99. The molecule has 5 rings (SSSR count). The summed E-state index contributed by atoms with van der Waals surface area (Å²) in [6.07, 6.45) is 0. The topological polar surface area (TPSA) is 92.5 Å². The molecule has 0 bridgehead atoms. The Balaban J connectivity index is 1.97. The molecule has 0 saturated heterocycles. The van der Waals surface area contributed by atoms with Gasteiger partial charge in [-0.05, 0) is 81.9 Å². The highest BCUT2D eigenvalue weighted by molar-refractivity contribution is 5.88. The van der Waals surface area contributed by atoms with E-state index in [-0.39, 0.29) is 11.5 Å². The van der Waals surface area contributed by atoms with Gasteiger partial charge in [0.25, 0.3) is 0 Å². The van der Waals surface area contributed by atoms with Crippen LogP contribution >= 0.6 is 0 Å². The normalized spacial score (nSPS) is 13.7. The fraction of sp³-hybridized carbons (Fsp3) is 0.0400. The molecule has 6 N–H and O–H groups in total. The summed E-state index contributed by atoms with van der Waals surface area (Å²) in [5, 5.41) is 19.8. The van der Waals surface area contributed by atoms with E-state index in [1.807, 2.05) is 60.7 Å². The first kappa shape index (κ1) is 17.2. The maximum Gasteiger partial charge on any atom is 0.115 e. The first-order valence-electron chi connectivity index (χ1n) is 9.39. The van der Waals surface area contributed by atoms with Gasteiger partial charge in [0, 0.05) is 11.4 Å².